The number of hydrogen-bond donors (Lipinski definition) is 2. The van der Waals surface area contributed by atoms with E-state index in [9.17, 15) is 4.79 Å². The Kier molecular flexibility index (Phi) is 5.01. The molecule has 2 saturated heterocycles. The predicted octanol–water partition coefficient (Wildman–Crippen LogP) is 0.725. The lowest BCUT2D eigenvalue weighted by Gasteiger charge is -2.20. The second-order valence-electron chi connectivity index (χ2n) is 7.72. The molecule has 1 unspecified atom stereocenters. The van der Waals surface area contributed by atoms with Crippen LogP contribution in [0.15, 0.2) is 12.1 Å². The van der Waals surface area contributed by atoms with Gasteiger partial charge in [0.2, 0.25) is 11.8 Å². The SMILES string of the molecule is CC(C)(C)c1ccc(OCC2CCN(C(=O)C3CNNC3)C2)nn1. The number of hydrazine groups is 1. The highest BCUT2D eigenvalue weighted by Gasteiger charge is 2.32. The zero-order valence-corrected chi connectivity index (χ0v) is 14.7. The zero-order chi connectivity index (χ0) is 17.2. The fourth-order valence-corrected chi connectivity index (χ4v) is 3.06. The third-order valence-electron chi connectivity index (χ3n) is 4.64. The van der Waals surface area contributed by atoms with Crippen LogP contribution >= 0.6 is 0 Å². The molecule has 2 N–H and O–H groups in total. The van der Waals surface area contributed by atoms with Crippen LogP contribution in [0.4, 0.5) is 0 Å². The van der Waals surface area contributed by atoms with Gasteiger partial charge in [0.1, 0.15) is 0 Å². The first kappa shape index (κ1) is 17.1. The Balaban J connectivity index is 1.46. The number of aromatic nitrogens is 2. The van der Waals surface area contributed by atoms with Crippen LogP contribution in [0.1, 0.15) is 32.9 Å². The van der Waals surface area contributed by atoms with Gasteiger partial charge in [-0.25, -0.2) is 0 Å². The van der Waals surface area contributed by atoms with Crippen LogP contribution in [0.2, 0.25) is 0 Å². The van der Waals surface area contributed by atoms with Crippen molar-refractivity contribution in [2.24, 2.45) is 11.8 Å². The lowest BCUT2D eigenvalue weighted by molar-refractivity contribution is -0.133. The summed E-state index contributed by atoms with van der Waals surface area (Å²) in [7, 11) is 0. The van der Waals surface area contributed by atoms with Gasteiger partial charge >= 0.3 is 0 Å². The van der Waals surface area contributed by atoms with Crippen molar-refractivity contribution >= 4 is 5.91 Å². The molecule has 2 aliphatic rings. The number of ether oxygens (including phenoxy) is 1. The first-order valence-electron chi connectivity index (χ1n) is 8.65. The molecule has 1 atom stereocenters. The molecular formula is C17H27N5O2. The lowest BCUT2D eigenvalue weighted by Crippen LogP contribution is -2.37. The van der Waals surface area contributed by atoms with Crippen LogP contribution in [0, 0.1) is 11.8 Å². The van der Waals surface area contributed by atoms with Gasteiger partial charge in [0, 0.05) is 43.6 Å². The molecular weight excluding hydrogens is 306 g/mol. The molecule has 132 valence electrons. The van der Waals surface area contributed by atoms with Crippen molar-refractivity contribution in [1.82, 2.24) is 25.9 Å². The Hall–Kier alpha value is -1.73. The highest BCUT2D eigenvalue weighted by molar-refractivity contribution is 5.79. The van der Waals surface area contributed by atoms with Crippen molar-refractivity contribution in [3.8, 4) is 5.88 Å². The number of nitrogens with one attached hydrogen (secondary N) is 2. The Bertz CT molecular complexity index is 563. The number of amides is 1. The summed E-state index contributed by atoms with van der Waals surface area (Å²) in [6.07, 6.45) is 0.979. The first-order valence-corrected chi connectivity index (χ1v) is 8.65. The molecule has 0 spiro atoms. The average Bonchev–Trinajstić information content (AvgIpc) is 3.23. The number of carbonyl (C=O) groups excluding carboxylic acids is 1. The number of carbonyl (C=O) groups is 1. The smallest absolute Gasteiger partial charge is 0.233 e. The Morgan fingerprint density at radius 3 is 2.67 bits per heavy atom. The summed E-state index contributed by atoms with van der Waals surface area (Å²) in [4.78, 5) is 14.3. The normalized spacial score (nSPS) is 22.1. The number of nitrogens with zero attached hydrogens (tertiary/aromatic N) is 3. The summed E-state index contributed by atoms with van der Waals surface area (Å²) in [6.45, 7) is 9.92. The van der Waals surface area contributed by atoms with E-state index >= 15 is 0 Å². The van der Waals surface area contributed by atoms with E-state index < -0.39 is 0 Å². The zero-order valence-electron chi connectivity index (χ0n) is 14.7. The van der Waals surface area contributed by atoms with E-state index in [-0.39, 0.29) is 17.2 Å². The fourth-order valence-electron chi connectivity index (χ4n) is 3.06. The molecule has 7 nitrogen and oxygen atoms in total. The predicted molar refractivity (Wildman–Crippen MR) is 90.4 cm³/mol. The summed E-state index contributed by atoms with van der Waals surface area (Å²) < 4.78 is 5.77. The number of rotatable bonds is 4. The lowest BCUT2D eigenvalue weighted by atomic mass is 9.92. The van der Waals surface area contributed by atoms with Crippen LogP contribution in [-0.2, 0) is 10.2 Å². The van der Waals surface area contributed by atoms with Gasteiger partial charge in [-0.1, -0.05) is 20.8 Å². The molecule has 0 radical (unpaired) electrons. The Morgan fingerprint density at radius 1 is 1.29 bits per heavy atom. The number of hydrogen-bond acceptors (Lipinski definition) is 6. The van der Waals surface area contributed by atoms with Crippen molar-refractivity contribution in [3.63, 3.8) is 0 Å². The minimum Gasteiger partial charge on any atom is -0.476 e. The summed E-state index contributed by atoms with van der Waals surface area (Å²) in [5, 5.41) is 8.39. The van der Waals surface area contributed by atoms with E-state index in [1.807, 2.05) is 17.0 Å². The topological polar surface area (TPSA) is 79.4 Å². The van der Waals surface area contributed by atoms with Crippen LogP contribution < -0.4 is 15.6 Å². The molecule has 3 rings (SSSR count). The maximum Gasteiger partial charge on any atom is 0.233 e. The number of likely N-dealkylation sites (tertiary alicyclic amines) is 1. The maximum absolute atomic E-state index is 12.4. The van der Waals surface area contributed by atoms with Crippen molar-refractivity contribution in [3.05, 3.63) is 17.8 Å². The van der Waals surface area contributed by atoms with Crippen molar-refractivity contribution in [1.29, 1.82) is 0 Å². The highest BCUT2D eigenvalue weighted by atomic mass is 16.5. The quantitative estimate of drug-likeness (QED) is 0.845. The summed E-state index contributed by atoms with van der Waals surface area (Å²) >= 11 is 0. The van der Waals surface area contributed by atoms with Crippen LogP contribution in [0.3, 0.4) is 0 Å². The molecule has 7 heteroatoms. The molecule has 0 saturated carbocycles. The molecule has 1 aromatic heterocycles. The van der Waals surface area contributed by atoms with Gasteiger partial charge in [-0.05, 0) is 12.5 Å². The Morgan fingerprint density at radius 2 is 2.04 bits per heavy atom. The van der Waals surface area contributed by atoms with Gasteiger partial charge in [-0.15, -0.1) is 5.10 Å². The molecule has 2 aliphatic heterocycles. The van der Waals surface area contributed by atoms with Gasteiger partial charge in [-0.2, -0.15) is 5.10 Å². The van der Waals surface area contributed by atoms with Crippen LogP contribution in [0.25, 0.3) is 0 Å². The van der Waals surface area contributed by atoms with Crippen molar-refractivity contribution in [2.75, 3.05) is 32.8 Å². The van der Waals surface area contributed by atoms with Crippen molar-refractivity contribution in [2.45, 2.75) is 32.6 Å². The second-order valence-corrected chi connectivity index (χ2v) is 7.72. The van der Waals surface area contributed by atoms with E-state index in [1.54, 1.807) is 0 Å². The molecule has 3 heterocycles. The van der Waals surface area contributed by atoms with Gasteiger partial charge in [0.05, 0.1) is 18.2 Å². The van der Waals surface area contributed by atoms with Crippen LogP contribution in [-0.4, -0.2) is 53.8 Å². The van der Waals surface area contributed by atoms with Gasteiger partial charge in [0.25, 0.3) is 0 Å². The summed E-state index contributed by atoms with van der Waals surface area (Å²) in [6, 6.07) is 3.84. The highest BCUT2D eigenvalue weighted by Crippen LogP contribution is 2.22. The maximum atomic E-state index is 12.4. The van der Waals surface area contributed by atoms with Crippen molar-refractivity contribution < 1.29 is 9.53 Å². The molecule has 2 fully saturated rings. The van der Waals surface area contributed by atoms with Gasteiger partial charge in [0.15, 0.2) is 0 Å². The molecule has 1 aromatic rings. The molecule has 1 amide bonds. The average molecular weight is 333 g/mol. The summed E-state index contributed by atoms with van der Waals surface area (Å²) in [5.74, 6) is 1.21. The first-order chi connectivity index (χ1) is 11.4. The van der Waals surface area contributed by atoms with Gasteiger partial charge < -0.3 is 9.64 Å². The third-order valence-corrected chi connectivity index (χ3v) is 4.64. The van der Waals surface area contributed by atoms with E-state index in [4.69, 9.17) is 4.74 Å². The third kappa shape index (κ3) is 4.02. The second kappa shape index (κ2) is 7.03. The van der Waals surface area contributed by atoms with Crippen LogP contribution in [0.5, 0.6) is 5.88 Å². The molecule has 0 aliphatic carbocycles. The fraction of sp³-hybridized carbons (Fsp3) is 0.706. The summed E-state index contributed by atoms with van der Waals surface area (Å²) in [5.41, 5.74) is 6.96. The van der Waals surface area contributed by atoms with E-state index in [1.165, 1.54) is 0 Å². The minimum absolute atomic E-state index is 0.0121. The monoisotopic (exact) mass is 333 g/mol. The van der Waals surface area contributed by atoms with E-state index in [0.29, 0.717) is 31.5 Å². The molecule has 0 bridgehead atoms. The van der Waals surface area contributed by atoms with E-state index in [2.05, 4.69) is 41.8 Å². The van der Waals surface area contributed by atoms with Gasteiger partial charge in [-0.3, -0.25) is 15.6 Å². The Labute approximate surface area is 143 Å². The standard InChI is InChI=1S/C17H27N5O2/c1-17(2,3)14-4-5-15(21-20-14)24-11-12-6-7-22(10-12)16(23)13-8-18-19-9-13/h4-5,12-13,18-19H,6-11H2,1-3H3. The molecule has 24 heavy (non-hydrogen) atoms. The minimum atomic E-state index is -0.0121. The van der Waals surface area contributed by atoms with E-state index in [0.717, 1.165) is 25.2 Å². The molecule has 0 aromatic carbocycles. The largest absolute Gasteiger partial charge is 0.476 e.